The Kier molecular flexibility index (Phi) is 2.43. The molecular weight excluding hydrogens is 320 g/mol. The molecule has 3 aromatic rings. The summed E-state index contributed by atoms with van der Waals surface area (Å²) in [5, 5.41) is 12.4. The van der Waals surface area contributed by atoms with Crippen LogP contribution in [0.5, 0.6) is 0 Å². The van der Waals surface area contributed by atoms with Gasteiger partial charge in [0.2, 0.25) is 0 Å². The number of rotatable bonds is 2. The predicted octanol–water partition coefficient (Wildman–Crippen LogP) is 4.63. The lowest BCUT2D eigenvalue weighted by Crippen LogP contribution is -2.11. The topological polar surface area (TPSA) is 46.5 Å². The van der Waals surface area contributed by atoms with Gasteiger partial charge in [-0.05, 0) is 54.8 Å². The first kappa shape index (κ1) is 12.5. The molecule has 1 aliphatic rings. The lowest BCUT2D eigenvalue weighted by atomic mass is 10.00. The molecule has 20 heavy (non-hydrogen) atoms. The minimum atomic E-state index is -0.556. The highest BCUT2D eigenvalue weighted by atomic mass is 79.9. The number of benzene rings is 1. The first-order valence-electron chi connectivity index (χ1n) is 6.80. The van der Waals surface area contributed by atoms with E-state index in [1.165, 1.54) is 0 Å². The van der Waals surface area contributed by atoms with Crippen LogP contribution in [0.2, 0.25) is 0 Å². The van der Waals surface area contributed by atoms with Gasteiger partial charge in [-0.1, -0.05) is 0 Å². The Morgan fingerprint density at radius 3 is 2.35 bits per heavy atom. The van der Waals surface area contributed by atoms with Gasteiger partial charge in [0, 0.05) is 22.8 Å². The molecule has 1 saturated carbocycles. The Labute approximate surface area is 124 Å². The quantitative estimate of drug-likeness (QED) is 0.743. The maximum Gasteiger partial charge on any atom is 0.149 e. The van der Waals surface area contributed by atoms with Crippen LogP contribution in [0.3, 0.4) is 0 Å². The van der Waals surface area contributed by atoms with Crippen LogP contribution in [-0.4, -0.2) is 10.7 Å². The van der Waals surface area contributed by atoms with E-state index >= 15 is 0 Å². The number of hydrogen-bond acceptors (Lipinski definition) is 3. The Hall–Kier alpha value is -1.26. The van der Waals surface area contributed by atoms with Crippen molar-refractivity contribution in [2.45, 2.75) is 38.7 Å². The minimum absolute atomic E-state index is 0.556. The Bertz CT molecular complexity index is 779. The average Bonchev–Trinajstić information content (AvgIpc) is 2.82. The summed E-state index contributed by atoms with van der Waals surface area (Å²) in [4.78, 5) is 0. The number of aliphatic hydroxyl groups is 1. The highest BCUT2D eigenvalue weighted by Crippen LogP contribution is 2.45. The molecule has 1 N–H and O–H groups in total. The first-order chi connectivity index (χ1) is 9.47. The normalized spacial score (nSPS) is 17.2. The van der Waals surface area contributed by atoms with Gasteiger partial charge < -0.3 is 13.9 Å². The van der Waals surface area contributed by atoms with Crippen molar-refractivity contribution in [3.8, 4) is 0 Å². The number of aryl methyl sites for hydroxylation is 2. The predicted molar refractivity (Wildman–Crippen MR) is 81.0 cm³/mol. The second-order valence-electron chi connectivity index (χ2n) is 5.89. The second kappa shape index (κ2) is 3.89. The van der Waals surface area contributed by atoms with Crippen LogP contribution < -0.4 is 0 Å². The van der Waals surface area contributed by atoms with Crippen LogP contribution in [0, 0.1) is 13.8 Å². The van der Waals surface area contributed by atoms with Crippen molar-refractivity contribution in [1.29, 1.82) is 0 Å². The highest BCUT2D eigenvalue weighted by molar-refractivity contribution is 9.10. The molecule has 0 radical (unpaired) electrons. The molecule has 4 heteroatoms. The van der Waals surface area contributed by atoms with Gasteiger partial charge in [-0.25, -0.2) is 0 Å². The average molecular weight is 335 g/mol. The molecule has 0 bridgehead atoms. The zero-order valence-electron chi connectivity index (χ0n) is 11.4. The van der Waals surface area contributed by atoms with E-state index in [4.69, 9.17) is 8.83 Å². The maximum absolute atomic E-state index is 10.3. The summed E-state index contributed by atoms with van der Waals surface area (Å²) in [5.74, 6) is 1.74. The van der Waals surface area contributed by atoms with Crippen molar-refractivity contribution in [2.24, 2.45) is 0 Å². The van der Waals surface area contributed by atoms with E-state index in [0.29, 0.717) is 6.42 Å². The summed E-state index contributed by atoms with van der Waals surface area (Å²) in [6, 6.07) is 4.04. The summed E-state index contributed by atoms with van der Waals surface area (Å²) in [5.41, 5.74) is 2.21. The van der Waals surface area contributed by atoms with Crippen molar-refractivity contribution in [1.82, 2.24) is 0 Å². The van der Waals surface area contributed by atoms with Crippen LogP contribution in [0.4, 0.5) is 0 Å². The fourth-order valence-corrected chi connectivity index (χ4v) is 3.46. The standard InChI is InChI=1S/C16H15BrO3/c1-8-5-10-12(7-16(18)3-4-16)14-11(6-9(2)19-14)13(17)15(10)20-8/h5-6,18H,3-4,7H2,1-2H3. The first-order valence-corrected chi connectivity index (χ1v) is 7.59. The maximum atomic E-state index is 10.3. The monoisotopic (exact) mass is 334 g/mol. The smallest absolute Gasteiger partial charge is 0.149 e. The third kappa shape index (κ3) is 1.75. The molecule has 104 valence electrons. The number of fused-ring (bicyclic) bond motifs is 2. The van der Waals surface area contributed by atoms with Crippen molar-refractivity contribution in [3.63, 3.8) is 0 Å². The summed E-state index contributed by atoms with van der Waals surface area (Å²) < 4.78 is 12.6. The Morgan fingerprint density at radius 1 is 1.10 bits per heavy atom. The van der Waals surface area contributed by atoms with Gasteiger partial charge in [-0.3, -0.25) is 0 Å². The molecule has 2 aromatic heterocycles. The second-order valence-corrected chi connectivity index (χ2v) is 6.69. The summed E-state index contributed by atoms with van der Waals surface area (Å²) in [6.45, 7) is 3.88. The number of halogens is 1. The number of hydrogen-bond donors (Lipinski definition) is 1. The van der Waals surface area contributed by atoms with Crippen LogP contribution >= 0.6 is 15.9 Å². The van der Waals surface area contributed by atoms with E-state index in [1.54, 1.807) is 0 Å². The van der Waals surface area contributed by atoms with Gasteiger partial charge in [0.15, 0.2) is 0 Å². The van der Waals surface area contributed by atoms with Crippen LogP contribution in [-0.2, 0) is 6.42 Å². The van der Waals surface area contributed by atoms with E-state index in [1.807, 2.05) is 26.0 Å². The molecule has 1 aromatic carbocycles. The van der Waals surface area contributed by atoms with Gasteiger partial charge in [0.25, 0.3) is 0 Å². The minimum Gasteiger partial charge on any atom is -0.461 e. The molecule has 3 nitrogen and oxygen atoms in total. The lowest BCUT2D eigenvalue weighted by Gasteiger charge is -2.10. The van der Waals surface area contributed by atoms with E-state index in [-0.39, 0.29) is 0 Å². The molecule has 0 amide bonds. The SMILES string of the molecule is Cc1cc2c(CC3(O)CC3)c3oc(C)cc3c(Br)c2o1. The molecule has 0 saturated heterocycles. The Balaban J connectivity index is 2.11. The highest BCUT2D eigenvalue weighted by Gasteiger charge is 2.41. The van der Waals surface area contributed by atoms with Crippen molar-refractivity contribution < 1.29 is 13.9 Å². The molecule has 1 fully saturated rings. The van der Waals surface area contributed by atoms with Gasteiger partial charge in [-0.2, -0.15) is 0 Å². The van der Waals surface area contributed by atoms with E-state index in [2.05, 4.69) is 15.9 Å². The summed E-state index contributed by atoms with van der Waals surface area (Å²) in [7, 11) is 0. The molecule has 4 rings (SSSR count). The van der Waals surface area contributed by atoms with E-state index < -0.39 is 5.60 Å². The van der Waals surface area contributed by atoms with Gasteiger partial charge >= 0.3 is 0 Å². The third-order valence-electron chi connectivity index (χ3n) is 4.08. The van der Waals surface area contributed by atoms with Crippen LogP contribution in [0.25, 0.3) is 21.9 Å². The lowest BCUT2D eigenvalue weighted by molar-refractivity contribution is 0.151. The Morgan fingerprint density at radius 2 is 1.70 bits per heavy atom. The zero-order valence-corrected chi connectivity index (χ0v) is 13.0. The van der Waals surface area contributed by atoms with Crippen LogP contribution in [0.15, 0.2) is 25.4 Å². The van der Waals surface area contributed by atoms with Gasteiger partial charge in [0.1, 0.15) is 22.7 Å². The largest absolute Gasteiger partial charge is 0.461 e. The van der Waals surface area contributed by atoms with E-state index in [0.717, 1.165) is 56.3 Å². The molecular formula is C16H15BrO3. The number of furan rings is 2. The zero-order chi connectivity index (χ0) is 14.1. The fourth-order valence-electron chi connectivity index (χ4n) is 2.87. The van der Waals surface area contributed by atoms with Crippen molar-refractivity contribution in [2.75, 3.05) is 0 Å². The molecule has 1 aliphatic carbocycles. The van der Waals surface area contributed by atoms with Gasteiger partial charge in [-0.15, -0.1) is 0 Å². The third-order valence-corrected chi connectivity index (χ3v) is 4.87. The van der Waals surface area contributed by atoms with E-state index in [9.17, 15) is 5.11 Å². The van der Waals surface area contributed by atoms with Gasteiger partial charge in [0.05, 0.1) is 10.1 Å². The summed E-state index contributed by atoms with van der Waals surface area (Å²) in [6.07, 6.45) is 2.35. The van der Waals surface area contributed by atoms with Crippen molar-refractivity contribution in [3.05, 3.63) is 33.7 Å². The van der Waals surface area contributed by atoms with Crippen molar-refractivity contribution >= 4 is 37.9 Å². The molecule has 0 aliphatic heterocycles. The van der Waals surface area contributed by atoms with Crippen LogP contribution in [0.1, 0.15) is 29.9 Å². The molecule has 0 atom stereocenters. The molecule has 0 spiro atoms. The molecule has 0 unspecified atom stereocenters. The molecule has 2 heterocycles. The fraction of sp³-hybridized carbons (Fsp3) is 0.375. The summed E-state index contributed by atoms with van der Waals surface area (Å²) >= 11 is 3.62.